The lowest BCUT2D eigenvalue weighted by Crippen LogP contribution is -2.39. The molecule has 1 rings (SSSR count). The first-order chi connectivity index (χ1) is 7.06. The van der Waals surface area contributed by atoms with Gasteiger partial charge in [0.05, 0.1) is 0 Å². The van der Waals surface area contributed by atoms with Crippen LogP contribution in [0.3, 0.4) is 0 Å². The second-order valence-corrected chi connectivity index (χ2v) is 4.87. The summed E-state index contributed by atoms with van der Waals surface area (Å²) in [6.07, 6.45) is 4.47. The Hall–Kier alpha value is -0.220. The standard InChI is InChI=1S/C11H22N2OS/c1-8(12-15)4-5-9(2)13(10(3)14)11-6-7-11/h8-9,11-12,15H,4-7H2,1-3H3. The highest BCUT2D eigenvalue weighted by Gasteiger charge is 2.33. The molecule has 2 unspecified atom stereocenters. The SMILES string of the molecule is CC(=O)N(C(C)CCC(C)NS)C1CC1. The molecular formula is C11H22N2OS. The first kappa shape index (κ1) is 12.8. The molecule has 1 aliphatic carbocycles. The Morgan fingerprint density at radius 1 is 1.47 bits per heavy atom. The summed E-state index contributed by atoms with van der Waals surface area (Å²) >= 11 is 4.03. The Morgan fingerprint density at radius 2 is 2.07 bits per heavy atom. The number of rotatable bonds is 6. The fourth-order valence-corrected chi connectivity index (χ4v) is 2.10. The number of hydrogen-bond donors (Lipinski definition) is 2. The van der Waals surface area contributed by atoms with Gasteiger partial charge >= 0.3 is 0 Å². The molecular weight excluding hydrogens is 208 g/mol. The second-order valence-electron chi connectivity index (χ2n) is 4.61. The van der Waals surface area contributed by atoms with Crippen molar-refractivity contribution in [1.82, 2.24) is 9.62 Å². The number of nitrogens with one attached hydrogen (secondary N) is 1. The van der Waals surface area contributed by atoms with Crippen LogP contribution in [-0.2, 0) is 4.79 Å². The van der Waals surface area contributed by atoms with Crippen molar-refractivity contribution in [2.24, 2.45) is 0 Å². The van der Waals surface area contributed by atoms with E-state index in [-0.39, 0.29) is 5.91 Å². The smallest absolute Gasteiger partial charge is 0.219 e. The minimum Gasteiger partial charge on any atom is -0.337 e. The minimum absolute atomic E-state index is 0.219. The van der Waals surface area contributed by atoms with E-state index in [1.165, 1.54) is 12.8 Å². The number of hydrogen-bond acceptors (Lipinski definition) is 3. The van der Waals surface area contributed by atoms with Gasteiger partial charge in [-0.3, -0.25) is 9.52 Å². The molecule has 0 spiro atoms. The van der Waals surface area contributed by atoms with Crippen LogP contribution >= 0.6 is 12.8 Å². The lowest BCUT2D eigenvalue weighted by molar-refractivity contribution is -0.131. The van der Waals surface area contributed by atoms with Crippen LogP contribution in [0.5, 0.6) is 0 Å². The lowest BCUT2D eigenvalue weighted by Gasteiger charge is -2.29. The van der Waals surface area contributed by atoms with Gasteiger partial charge in [0, 0.05) is 25.0 Å². The van der Waals surface area contributed by atoms with Crippen molar-refractivity contribution >= 4 is 18.7 Å². The first-order valence-corrected chi connectivity index (χ1v) is 6.19. The van der Waals surface area contributed by atoms with E-state index < -0.39 is 0 Å². The molecule has 1 aliphatic rings. The monoisotopic (exact) mass is 230 g/mol. The van der Waals surface area contributed by atoms with Gasteiger partial charge in [-0.15, -0.1) is 0 Å². The van der Waals surface area contributed by atoms with Crippen LogP contribution in [0.15, 0.2) is 0 Å². The third-order valence-corrected chi connectivity index (χ3v) is 3.46. The maximum absolute atomic E-state index is 11.5. The molecule has 0 radical (unpaired) electrons. The summed E-state index contributed by atoms with van der Waals surface area (Å²) in [5.74, 6) is 0.219. The molecule has 1 fully saturated rings. The van der Waals surface area contributed by atoms with Gasteiger partial charge in [-0.05, 0) is 39.5 Å². The molecule has 4 heteroatoms. The summed E-state index contributed by atoms with van der Waals surface area (Å²) < 4.78 is 2.92. The molecule has 0 saturated heterocycles. The quantitative estimate of drug-likeness (QED) is 0.684. The van der Waals surface area contributed by atoms with Crippen LogP contribution in [0.25, 0.3) is 0 Å². The third-order valence-electron chi connectivity index (χ3n) is 3.02. The van der Waals surface area contributed by atoms with Crippen molar-refractivity contribution in [2.75, 3.05) is 0 Å². The Balaban J connectivity index is 2.35. The Kier molecular flexibility index (Phi) is 4.93. The first-order valence-electron chi connectivity index (χ1n) is 5.74. The molecule has 0 aromatic carbocycles. The molecule has 2 atom stereocenters. The maximum Gasteiger partial charge on any atom is 0.219 e. The predicted octanol–water partition coefficient (Wildman–Crippen LogP) is 1.99. The van der Waals surface area contributed by atoms with Gasteiger partial charge in [0.25, 0.3) is 0 Å². The van der Waals surface area contributed by atoms with Gasteiger partial charge in [0.1, 0.15) is 0 Å². The van der Waals surface area contributed by atoms with Gasteiger partial charge in [-0.1, -0.05) is 12.8 Å². The number of amides is 1. The topological polar surface area (TPSA) is 32.3 Å². The van der Waals surface area contributed by atoms with Crippen molar-refractivity contribution < 1.29 is 4.79 Å². The number of carbonyl (C=O) groups excluding carboxylic acids is 1. The van der Waals surface area contributed by atoms with Crippen LogP contribution in [0, 0.1) is 0 Å². The van der Waals surface area contributed by atoms with Crippen molar-refractivity contribution in [2.45, 2.75) is 64.6 Å². The van der Waals surface area contributed by atoms with Crippen LogP contribution in [0.2, 0.25) is 0 Å². The lowest BCUT2D eigenvalue weighted by atomic mass is 10.1. The summed E-state index contributed by atoms with van der Waals surface area (Å²) in [6, 6.07) is 1.29. The summed E-state index contributed by atoms with van der Waals surface area (Å²) in [4.78, 5) is 13.5. The Bertz CT molecular complexity index is 219. The summed E-state index contributed by atoms with van der Waals surface area (Å²) in [6.45, 7) is 5.93. The van der Waals surface area contributed by atoms with E-state index in [0.29, 0.717) is 18.1 Å². The normalized spacial score (nSPS) is 19.7. The molecule has 0 aromatic heterocycles. The highest BCUT2D eigenvalue weighted by Crippen LogP contribution is 2.29. The second kappa shape index (κ2) is 5.75. The van der Waals surface area contributed by atoms with E-state index in [9.17, 15) is 4.79 Å². The van der Waals surface area contributed by atoms with Crippen LogP contribution in [0.1, 0.15) is 46.5 Å². The van der Waals surface area contributed by atoms with Gasteiger partial charge < -0.3 is 4.90 Å². The summed E-state index contributed by atoms with van der Waals surface area (Å²) in [5.41, 5.74) is 0. The molecule has 0 aromatic rings. The zero-order chi connectivity index (χ0) is 11.4. The Labute approximate surface area is 98.1 Å². The van der Waals surface area contributed by atoms with Gasteiger partial charge in [-0.2, -0.15) is 0 Å². The average Bonchev–Trinajstić information content (AvgIpc) is 2.98. The third kappa shape index (κ3) is 4.03. The molecule has 0 heterocycles. The van der Waals surface area contributed by atoms with Crippen LogP contribution in [-0.4, -0.2) is 28.9 Å². The fourth-order valence-electron chi connectivity index (χ4n) is 1.97. The molecule has 1 N–H and O–H groups in total. The molecule has 3 nitrogen and oxygen atoms in total. The van der Waals surface area contributed by atoms with Gasteiger partial charge in [0.2, 0.25) is 5.91 Å². The fraction of sp³-hybridized carbons (Fsp3) is 0.909. The maximum atomic E-state index is 11.5. The minimum atomic E-state index is 0.219. The highest BCUT2D eigenvalue weighted by molar-refractivity contribution is 7.78. The number of thiol groups is 1. The van der Waals surface area contributed by atoms with Gasteiger partial charge in [-0.25, -0.2) is 0 Å². The number of carbonyl (C=O) groups is 1. The van der Waals surface area contributed by atoms with Crippen molar-refractivity contribution in [3.63, 3.8) is 0 Å². The van der Waals surface area contributed by atoms with Crippen molar-refractivity contribution in [1.29, 1.82) is 0 Å². The summed E-state index contributed by atoms with van der Waals surface area (Å²) in [7, 11) is 0. The van der Waals surface area contributed by atoms with E-state index in [1.807, 2.05) is 4.90 Å². The van der Waals surface area contributed by atoms with E-state index in [4.69, 9.17) is 0 Å². The van der Waals surface area contributed by atoms with E-state index >= 15 is 0 Å². The zero-order valence-corrected chi connectivity index (χ0v) is 10.8. The van der Waals surface area contributed by atoms with Crippen molar-refractivity contribution in [3.8, 4) is 0 Å². The van der Waals surface area contributed by atoms with Crippen molar-refractivity contribution in [3.05, 3.63) is 0 Å². The summed E-state index contributed by atoms with van der Waals surface area (Å²) in [5, 5.41) is 0. The molecule has 1 amide bonds. The largest absolute Gasteiger partial charge is 0.337 e. The number of nitrogens with zero attached hydrogens (tertiary/aromatic N) is 1. The van der Waals surface area contributed by atoms with Gasteiger partial charge in [0.15, 0.2) is 0 Å². The van der Waals surface area contributed by atoms with E-state index in [2.05, 4.69) is 31.4 Å². The Morgan fingerprint density at radius 3 is 2.47 bits per heavy atom. The van der Waals surface area contributed by atoms with Crippen LogP contribution < -0.4 is 4.72 Å². The van der Waals surface area contributed by atoms with E-state index in [1.54, 1.807) is 6.92 Å². The predicted molar refractivity (Wildman–Crippen MR) is 65.8 cm³/mol. The molecule has 15 heavy (non-hydrogen) atoms. The molecule has 0 aliphatic heterocycles. The van der Waals surface area contributed by atoms with Crippen LogP contribution in [0.4, 0.5) is 0 Å². The molecule has 0 bridgehead atoms. The highest BCUT2D eigenvalue weighted by atomic mass is 32.1. The molecule has 88 valence electrons. The average molecular weight is 230 g/mol. The molecule has 1 saturated carbocycles. The zero-order valence-electron chi connectivity index (χ0n) is 9.86. The van der Waals surface area contributed by atoms with E-state index in [0.717, 1.165) is 12.8 Å².